The van der Waals surface area contributed by atoms with Gasteiger partial charge < -0.3 is 10.2 Å². The number of non-ortho nitro benzene ring substituents is 1. The molecule has 2 amide bonds. The maximum absolute atomic E-state index is 12.1. The van der Waals surface area contributed by atoms with Crippen molar-refractivity contribution >= 4 is 29.1 Å². The Morgan fingerprint density at radius 1 is 1.20 bits per heavy atom. The summed E-state index contributed by atoms with van der Waals surface area (Å²) >= 11 is 6.03. The van der Waals surface area contributed by atoms with Crippen LogP contribution in [0.4, 0.5) is 5.69 Å². The number of carbonyl (C=O) groups excluding carboxylic acids is 2. The molecule has 0 bridgehead atoms. The van der Waals surface area contributed by atoms with Crippen molar-refractivity contribution in [2.24, 2.45) is 0 Å². The summed E-state index contributed by atoms with van der Waals surface area (Å²) in [4.78, 5) is 35.7. The highest BCUT2D eigenvalue weighted by Crippen LogP contribution is 2.23. The van der Waals surface area contributed by atoms with Crippen molar-refractivity contribution in [3.63, 3.8) is 0 Å². The van der Waals surface area contributed by atoms with E-state index in [1.54, 1.807) is 30.3 Å². The molecule has 2 aromatic rings. The molecular formula is C17H16ClN3O4. The second-order valence-electron chi connectivity index (χ2n) is 5.33. The Morgan fingerprint density at radius 2 is 1.88 bits per heavy atom. The lowest BCUT2D eigenvalue weighted by Crippen LogP contribution is -2.37. The van der Waals surface area contributed by atoms with Crippen LogP contribution in [0.25, 0.3) is 0 Å². The standard InChI is InChI=1S/C17H16ClN3O4/c1-20(11-13-9-14(21(24)25)7-8-15(13)18)16(22)10-19-17(23)12-5-3-2-4-6-12/h2-9H,10-11H2,1H3,(H,19,23). The molecule has 0 aliphatic rings. The number of nitro groups is 1. The van der Waals surface area contributed by atoms with E-state index in [1.807, 2.05) is 0 Å². The fourth-order valence-corrected chi connectivity index (χ4v) is 2.30. The van der Waals surface area contributed by atoms with Gasteiger partial charge in [-0.1, -0.05) is 29.8 Å². The number of nitro benzene ring substituents is 1. The second-order valence-corrected chi connectivity index (χ2v) is 5.74. The zero-order chi connectivity index (χ0) is 18.4. The normalized spacial score (nSPS) is 10.2. The molecule has 0 unspecified atom stereocenters. The van der Waals surface area contributed by atoms with Gasteiger partial charge in [0.05, 0.1) is 11.5 Å². The second kappa shape index (κ2) is 8.25. The van der Waals surface area contributed by atoms with Gasteiger partial charge in [-0.2, -0.15) is 0 Å². The van der Waals surface area contributed by atoms with Crippen molar-refractivity contribution in [2.75, 3.05) is 13.6 Å². The average Bonchev–Trinajstić information content (AvgIpc) is 2.61. The van der Waals surface area contributed by atoms with Gasteiger partial charge in [0.2, 0.25) is 5.91 Å². The van der Waals surface area contributed by atoms with Gasteiger partial charge in [0.25, 0.3) is 11.6 Å². The lowest BCUT2D eigenvalue weighted by molar-refractivity contribution is -0.384. The molecule has 8 heteroatoms. The van der Waals surface area contributed by atoms with Crippen molar-refractivity contribution in [2.45, 2.75) is 6.54 Å². The van der Waals surface area contributed by atoms with Crippen LogP contribution in [-0.4, -0.2) is 35.2 Å². The highest BCUT2D eigenvalue weighted by atomic mass is 35.5. The molecule has 2 aromatic carbocycles. The number of nitrogens with zero attached hydrogens (tertiary/aromatic N) is 2. The van der Waals surface area contributed by atoms with Gasteiger partial charge in [-0.05, 0) is 23.8 Å². The Balaban J connectivity index is 1.95. The number of nitrogens with one attached hydrogen (secondary N) is 1. The van der Waals surface area contributed by atoms with Crippen LogP contribution in [-0.2, 0) is 11.3 Å². The Hall–Kier alpha value is -2.93. The molecule has 7 nitrogen and oxygen atoms in total. The first-order valence-electron chi connectivity index (χ1n) is 7.38. The summed E-state index contributed by atoms with van der Waals surface area (Å²) < 4.78 is 0. The first kappa shape index (κ1) is 18.4. The minimum Gasteiger partial charge on any atom is -0.343 e. The predicted octanol–water partition coefficient (Wildman–Crippen LogP) is 2.64. The monoisotopic (exact) mass is 361 g/mol. The van der Waals surface area contributed by atoms with Crippen LogP contribution >= 0.6 is 11.6 Å². The minimum atomic E-state index is -0.526. The Labute approximate surface area is 149 Å². The Morgan fingerprint density at radius 3 is 2.52 bits per heavy atom. The lowest BCUT2D eigenvalue weighted by atomic mass is 10.2. The van der Waals surface area contributed by atoms with Crippen molar-refractivity contribution in [1.29, 1.82) is 0 Å². The number of hydrogen-bond acceptors (Lipinski definition) is 4. The number of benzene rings is 2. The molecule has 0 atom stereocenters. The molecule has 0 aliphatic heterocycles. The molecule has 0 heterocycles. The maximum atomic E-state index is 12.1. The van der Waals surface area contributed by atoms with E-state index in [0.717, 1.165) is 0 Å². The van der Waals surface area contributed by atoms with E-state index in [1.165, 1.54) is 30.1 Å². The van der Waals surface area contributed by atoms with Gasteiger partial charge >= 0.3 is 0 Å². The topological polar surface area (TPSA) is 92.5 Å². The van der Waals surface area contributed by atoms with Crippen molar-refractivity contribution < 1.29 is 14.5 Å². The summed E-state index contributed by atoms with van der Waals surface area (Å²) in [6.45, 7) is -0.0860. The zero-order valence-corrected chi connectivity index (χ0v) is 14.2. The van der Waals surface area contributed by atoms with E-state index in [0.29, 0.717) is 16.1 Å². The molecule has 0 saturated carbocycles. The Bertz CT molecular complexity index is 796. The molecule has 25 heavy (non-hydrogen) atoms. The summed E-state index contributed by atoms with van der Waals surface area (Å²) in [6.07, 6.45) is 0. The van der Waals surface area contributed by atoms with Gasteiger partial charge in [-0.15, -0.1) is 0 Å². The maximum Gasteiger partial charge on any atom is 0.269 e. The molecule has 0 saturated heterocycles. The molecule has 0 fully saturated rings. The summed E-state index contributed by atoms with van der Waals surface area (Å²) in [6, 6.07) is 12.6. The van der Waals surface area contributed by atoms with E-state index in [2.05, 4.69) is 5.32 Å². The van der Waals surface area contributed by atoms with Crippen LogP contribution in [0.3, 0.4) is 0 Å². The number of rotatable bonds is 6. The van der Waals surface area contributed by atoms with E-state index in [-0.39, 0.29) is 30.6 Å². The molecular weight excluding hydrogens is 346 g/mol. The van der Waals surface area contributed by atoms with Gasteiger partial charge in [0, 0.05) is 36.3 Å². The first-order valence-corrected chi connectivity index (χ1v) is 7.76. The largest absolute Gasteiger partial charge is 0.343 e. The number of halogens is 1. The first-order chi connectivity index (χ1) is 11.9. The highest BCUT2D eigenvalue weighted by Gasteiger charge is 2.15. The molecule has 0 spiro atoms. The predicted molar refractivity (Wildman–Crippen MR) is 93.4 cm³/mol. The fourth-order valence-electron chi connectivity index (χ4n) is 2.12. The van der Waals surface area contributed by atoms with Crippen molar-refractivity contribution in [3.8, 4) is 0 Å². The fraction of sp³-hybridized carbons (Fsp3) is 0.176. The van der Waals surface area contributed by atoms with Crippen LogP contribution in [0.1, 0.15) is 15.9 Å². The SMILES string of the molecule is CN(Cc1cc([N+](=O)[O-])ccc1Cl)C(=O)CNC(=O)c1ccccc1. The van der Waals surface area contributed by atoms with Gasteiger partial charge in [0.1, 0.15) is 0 Å². The van der Waals surface area contributed by atoms with Gasteiger partial charge in [-0.3, -0.25) is 19.7 Å². The van der Waals surface area contributed by atoms with Crippen LogP contribution in [0.2, 0.25) is 5.02 Å². The molecule has 130 valence electrons. The Kier molecular flexibility index (Phi) is 6.08. The number of likely N-dealkylation sites (N-methyl/N-ethyl adjacent to an activating group) is 1. The summed E-state index contributed by atoms with van der Waals surface area (Å²) in [5.74, 6) is -0.692. The van der Waals surface area contributed by atoms with E-state index < -0.39 is 4.92 Å². The number of hydrogen-bond donors (Lipinski definition) is 1. The molecule has 0 aromatic heterocycles. The minimum absolute atomic E-state index is 0.0978. The third kappa shape index (κ3) is 5.02. The molecule has 0 radical (unpaired) electrons. The average molecular weight is 362 g/mol. The van der Waals surface area contributed by atoms with E-state index >= 15 is 0 Å². The van der Waals surface area contributed by atoms with E-state index in [9.17, 15) is 19.7 Å². The summed E-state index contributed by atoms with van der Waals surface area (Å²) in [7, 11) is 1.53. The lowest BCUT2D eigenvalue weighted by Gasteiger charge is -2.18. The van der Waals surface area contributed by atoms with Crippen molar-refractivity contribution in [1.82, 2.24) is 10.2 Å². The van der Waals surface area contributed by atoms with Gasteiger partial charge in [-0.25, -0.2) is 0 Å². The third-order valence-electron chi connectivity index (χ3n) is 3.51. The number of carbonyl (C=O) groups is 2. The molecule has 0 aliphatic carbocycles. The zero-order valence-electron chi connectivity index (χ0n) is 13.4. The van der Waals surface area contributed by atoms with Crippen LogP contribution in [0, 0.1) is 10.1 Å². The number of amides is 2. The quantitative estimate of drug-likeness (QED) is 0.632. The van der Waals surface area contributed by atoms with Crippen LogP contribution in [0.5, 0.6) is 0 Å². The molecule has 2 rings (SSSR count). The van der Waals surface area contributed by atoms with Gasteiger partial charge in [0.15, 0.2) is 0 Å². The summed E-state index contributed by atoms with van der Waals surface area (Å²) in [5, 5.41) is 13.7. The van der Waals surface area contributed by atoms with E-state index in [4.69, 9.17) is 11.6 Å². The molecule has 1 N–H and O–H groups in total. The smallest absolute Gasteiger partial charge is 0.269 e. The summed E-state index contributed by atoms with van der Waals surface area (Å²) in [5.41, 5.74) is 0.818. The van der Waals surface area contributed by atoms with Crippen LogP contribution < -0.4 is 5.32 Å². The van der Waals surface area contributed by atoms with Crippen molar-refractivity contribution in [3.05, 3.63) is 74.8 Å². The highest BCUT2D eigenvalue weighted by molar-refractivity contribution is 6.31. The van der Waals surface area contributed by atoms with Crippen LogP contribution in [0.15, 0.2) is 48.5 Å². The third-order valence-corrected chi connectivity index (χ3v) is 3.88.